The van der Waals surface area contributed by atoms with Crippen LogP contribution in [-0.2, 0) is 6.42 Å². The van der Waals surface area contributed by atoms with Gasteiger partial charge in [-0.25, -0.2) is 0 Å². The third kappa shape index (κ3) is 3.56. The second-order valence-electron chi connectivity index (χ2n) is 4.84. The molecule has 0 aliphatic rings. The molecule has 1 aromatic carbocycles. The highest BCUT2D eigenvalue weighted by Gasteiger charge is 2.12. The van der Waals surface area contributed by atoms with Crippen molar-refractivity contribution in [3.63, 3.8) is 0 Å². The second-order valence-corrected chi connectivity index (χ2v) is 4.84. The van der Waals surface area contributed by atoms with Crippen LogP contribution < -0.4 is 16.0 Å². The van der Waals surface area contributed by atoms with Crippen LogP contribution in [0.25, 0.3) is 0 Å². The average Bonchev–Trinajstić information content (AvgIpc) is 2.50. The van der Waals surface area contributed by atoms with Gasteiger partial charge in [-0.15, -0.1) is 0 Å². The second kappa shape index (κ2) is 7.03. The standard InChI is InChI=1S/C16H21N3O/c1-12-11-18-10-9-15(12)16(19-17)8-5-13-3-6-14(20-2)7-4-13/h3-4,6-7,9-11,16,19H,5,8,17H2,1-2H3. The fourth-order valence-electron chi connectivity index (χ4n) is 2.31. The molecule has 2 aromatic rings. The molecule has 0 saturated carbocycles. The molecule has 1 heterocycles. The van der Waals surface area contributed by atoms with Crippen molar-refractivity contribution in [1.29, 1.82) is 0 Å². The quantitative estimate of drug-likeness (QED) is 0.626. The fourth-order valence-corrected chi connectivity index (χ4v) is 2.31. The van der Waals surface area contributed by atoms with Crippen molar-refractivity contribution in [2.75, 3.05) is 7.11 Å². The number of aryl methyl sites for hydroxylation is 2. The lowest BCUT2D eigenvalue weighted by Crippen LogP contribution is -2.29. The van der Waals surface area contributed by atoms with Gasteiger partial charge in [0.2, 0.25) is 0 Å². The average molecular weight is 271 g/mol. The van der Waals surface area contributed by atoms with Gasteiger partial charge >= 0.3 is 0 Å². The molecule has 0 amide bonds. The number of methoxy groups -OCH3 is 1. The van der Waals surface area contributed by atoms with E-state index in [9.17, 15) is 0 Å². The first-order chi connectivity index (χ1) is 9.74. The first-order valence-electron chi connectivity index (χ1n) is 6.74. The smallest absolute Gasteiger partial charge is 0.118 e. The first kappa shape index (κ1) is 14.5. The van der Waals surface area contributed by atoms with Gasteiger partial charge < -0.3 is 4.74 Å². The van der Waals surface area contributed by atoms with Crippen LogP contribution in [0.3, 0.4) is 0 Å². The van der Waals surface area contributed by atoms with Crippen molar-refractivity contribution in [2.45, 2.75) is 25.8 Å². The summed E-state index contributed by atoms with van der Waals surface area (Å²) < 4.78 is 5.16. The van der Waals surface area contributed by atoms with Gasteiger partial charge in [0.25, 0.3) is 0 Å². The predicted molar refractivity (Wildman–Crippen MR) is 80.4 cm³/mol. The van der Waals surface area contributed by atoms with E-state index in [4.69, 9.17) is 10.6 Å². The lowest BCUT2D eigenvalue weighted by Gasteiger charge is -2.18. The Morgan fingerprint density at radius 2 is 2.00 bits per heavy atom. The minimum absolute atomic E-state index is 0.139. The highest BCUT2D eigenvalue weighted by Crippen LogP contribution is 2.21. The van der Waals surface area contributed by atoms with Crippen LogP contribution in [-0.4, -0.2) is 12.1 Å². The lowest BCUT2D eigenvalue weighted by molar-refractivity contribution is 0.414. The van der Waals surface area contributed by atoms with Crippen molar-refractivity contribution in [3.05, 3.63) is 59.4 Å². The molecule has 0 aliphatic carbocycles. The summed E-state index contributed by atoms with van der Waals surface area (Å²) in [5, 5.41) is 0. The SMILES string of the molecule is COc1ccc(CCC(NN)c2ccncc2C)cc1. The number of hydrogen-bond acceptors (Lipinski definition) is 4. The van der Waals surface area contributed by atoms with Gasteiger partial charge in [-0.05, 0) is 54.7 Å². The molecule has 2 rings (SSSR count). The summed E-state index contributed by atoms with van der Waals surface area (Å²) in [4.78, 5) is 4.12. The van der Waals surface area contributed by atoms with E-state index < -0.39 is 0 Å². The highest BCUT2D eigenvalue weighted by atomic mass is 16.5. The maximum atomic E-state index is 5.69. The number of nitrogens with one attached hydrogen (secondary N) is 1. The van der Waals surface area contributed by atoms with Crippen LogP contribution in [0.1, 0.15) is 29.2 Å². The summed E-state index contributed by atoms with van der Waals surface area (Å²) in [5.74, 6) is 6.57. The van der Waals surface area contributed by atoms with Gasteiger partial charge in [0, 0.05) is 18.4 Å². The Labute approximate surface area is 120 Å². The van der Waals surface area contributed by atoms with Gasteiger partial charge in [0.15, 0.2) is 0 Å². The van der Waals surface area contributed by atoms with E-state index in [1.807, 2.05) is 24.4 Å². The minimum Gasteiger partial charge on any atom is -0.497 e. The van der Waals surface area contributed by atoms with Crippen LogP contribution in [0.4, 0.5) is 0 Å². The fraction of sp³-hybridized carbons (Fsp3) is 0.312. The lowest BCUT2D eigenvalue weighted by atomic mass is 9.97. The molecule has 0 bridgehead atoms. The Morgan fingerprint density at radius 1 is 1.25 bits per heavy atom. The van der Waals surface area contributed by atoms with Crippen molar-refractivity contribution in [1.82, 2.24) is 10.4 Å². The molecule has 0 saturated heterocycles. The van der Waals surface area contributed by atoms with Crippen molar-refractivity contribution >= 4 is 0 Å². The van der Waals surface area contributed by atoms with E-state index in [0.29, 0.717) is 0 Å². The van der Waals surface area contributed by atoms with Gasteiger partial charge in [-0.3, -0.25) is 16.3 Å². The molecule has 0 radical (unpaired) electrons. The zero-order valence-corrected chi connectivity index (χ0v) is 12.0. The molecule has 3 N–H and O–H groups in total. The maximum Gasteiger partial charge on any atom is 0.118 e. The van der Waals surface area contributed by atoms with E-state index in [2.05, 4.69) is 29.5 Å². The molecule has 4 heteroatoms. The van der Waals surface area contributed by atoms with E-state index in [0.717, 1.165) is 24.2 Å². The Kier molecular flexibility index (Phi) is 5.09. The van der Waals surface area contributed by atoms with E-state index >= 15 is 0 Å². The predicted octanol–water partition coefficient (Wildman–Crippen LogP) is 2.54. The molecule has 0 spiro atoms. The van der Waals surface area contributed by atoms with Crippen LogP contribution in [0.2, 0.25) is 0 Å². The number of pyridine rings is 1. The van der Waals surface area contributed by atoms with Gasteiger partial charge in [-0.1, -0.05) is 12.1 Å². The Morgan fingerprint density at radius 3 is 2.60 bits per heavy atom. The molecule has 1 unspecified atom stereocenters. The molecular weight excluding hydrogens is 250 g/mol. The third-order valence-electron chi connectivity index (χ3n) is 3.52. The van der Waals surface area contributed by atoms with Gasteiger partial charge in [0.05, 0.1) is 7.11 Å². The molecule has 4 nitrogen and oxygen atoms in total. The van der Waals surface area contributed by atoms with Crippen LogP contribution in [0.5, 0.6) is 5.75 Å². The Bertz CT molecular complexity index is 540. The number of hydrazine groups is 1. The monoisotopic (exact) mass is 271 g/mol. The van der Waals surface area contributed by atoms with E-state index in [-0.39, 0.29) is 6.04 Å². The zero-order chi connectivity index (χ0) is 14.4. The number of benzene rings is 1. The number of nitrogens with two attached hydrogens (primary N) is 1. The maximum absolute atomic E-state index is 5.69. The number of rotatable bonds is 6. The van der Waals surface area contributed by atoms with Crippen LogP contribution in [0, 0.1) is 6.92 Å². The van der Waals surface area contributed by atoms with Crippen LogP contribution >= 0.6 is 0 Å². The Hall–Kier alpha value is -1.91. The molecule has 20 heavy (non-hydrogen) atoms. The van der Waals surface area contributed by atoms with Gasteiger partial charge in [-0.2, -0.15) is 0 Å². The highest BCUT2D eigenvalue weighted by molar-refractivity contribution is 5.28. The summed E-state index contributed by atoms with van der Waals surface area (Å²) in [5.41, 5.74) is 6.54. The molecule has 0 fully saturated rings. The van der Waals surface area contributed by atoms with Crippen molar-refractivity contribution in [3.8, 4) is 5.75 Å². The van der Waals surface area contributed by atoms with Crippen molar-refractivity contribution in [2.24, 2.45) is 5.84 Å². The van der Waals surface area contributed by atoms with Crippen molar-refractivity contribution < 1.29 is 4.74 Å². The number of nitrogens with zero attached hydrogens (tertiary/aromatic N) is 1. The van der Waals surface area contributed by atoms with E-state index in [1.165, 1.54) is 11.1 Å². The minimum atomic E-state index is 0.139. The topological polar surface area (TPSA) is 60.2 Å². The molecule has 1 aromatic heterocycles. The normalized spacial score (nSPS) is 12.2. The summed E-state index contributed by atoms with van der Waals surface area (Å²) >= 11 is 0. The molecule has 0 aliphatic heterocycles. The van der Waals surface area contributed by atoms with Gasteiger partial charge in [0.1, 0.15) is 5.75 Å². The first-order valence-corrected chi connectivity index (χ1v) is 6.74. The number of aromatic nitrogens is 1. The summed E-state index contributed by atoms with van der Waals surface area (Å²) in [6.07, 6.45) is 5.57. The third-order valence-corrected chi connectivity index (χ3v) is 3.52. The summed E-state index contributed by atoms with van der Waals surface area (Å²) in [6.45, 7) is 2.06. The molecule has 106 valence electrons. The number of hydrogen-bond donors (Lipinski definition) is 2. The van der Waals surface area contributed by atoms with E-state index in [1.54, 1.807) is 13.3 Å². The zero-order valence-electron chi connectivity index (χ0n) is 12.0. The largest absolute Gasteiger partial charge is 0.497 e. The summed E-state index contributed by atoms with van der Waals surface area (Å²) in [6, 6.07) is 10.3. The number of ether oxygens (including phenoxy) is 1. The summed E-state index contributed by atoms with van der Waals surface area (Å²) in [7, 11) is 1.68. The van der Waals surface area contributed by atoms with Crippen LogP contribution in [0.15, 0.2) is 42.7 Å². The molecule has 1 atom stereocenters. The molecular formula is C16H21N3O. The Balaban J connectivity index is 2.02.